The van der Waals surface area contributed by atoms with Gasteiger partial charge in [-0.05, 0) is 36.3 Å². The second-order valence-corrected chi connectivity index (χ2v) is 6.31. The normalized spacial score (nSPS) is 9.86. The van der Waals surface area contributed by atoms with Gasteiger partial charge >= 0.3 is 0 Å². The van der Waals surface area contributed by atoms with Gasteiger partial charge in [0.2, 0.25) is 0 Å². The summed E-state index contributed by atoms with van der Waals surface area (Å²) in [6, 6.07) is 14.6. The Morgan fingerprint density at radius 2 is 1.36 bits per heavy atom. The predicted molar refractivity (Wildman–Crippen MR) is 105 cm³/mol. The summed E-state index contributed by atoms with van der Waals surface area (Å²) < 4.78 is 0. The largest absolute Gasteiger partial charge is 0.355 e. The van der Waals surface area contributed by atoms with Crippen LogP contribution in [0.5, 0.6) is 0 Å². The number of rotatable bonds is 5. The number of anilines is 2. The van der Waals surface area contributed by atoms with E-state index in [4.69, 9.17) is 0 Å². The first-order chi connectivity index (χ1) is 10.6. The molecule has 0 bridgehead atoms. The zero-order chi connectivity index (χ0) is 16.4. The topological polar surface area (TPSA) is 12.0 Å². The smallest absolute Gasteiger partial charge is 0.0457 e. The number of para-hydroxylation sites is 2. The Labute approximate surface area is 138 Å². The van der Waals surface area contributed by atoms with Crippen molar-refractivity contribution in [1.29, 1.82) is 0 Å². The molecule has 2 rings (SSSR count). The van der Waals surface area contributed by atoms with Crippen molar-refractivity contribution in [2.24, 2.45) is 0 Å². The lowest BCUT2D eigenvalue weighted by atomic mass is 10.1. The second-order valence-electron chi connectivity index (χ2n) is 5.69. The molecule has 120 valence electrons. The summed E-state index contributed by atoms with van der Waals surface area (Å²) in [7, 11) is 2.75. The Balaban J connectivity index is 0.000000346. The van der Waals surface area contributed by atoms with Gasteiger partial charge in [-0.25, -0.2) is 0 Å². The van der Waals surface area contributed by atoms with Gasteiger partial charge in [0, 0.05) is 11.4 Å². The highest BCUT2D eigenvalue weighted by molar-refractivity contribution is 7.28. The lowest BCUT2D eigenvalue weighted by Crippen LogP contribution is -2.03. The van der Waals surface area contributed by atoms with Gasteiger partial charge < -0.3 is 5.32 Å². The van der Waals surface area contributed by atoms with E-state index in [0.29, 0.717) is 0 Å². The molecule has 0 aliphatic heterocycles. The molecule has 0 radical (unpaired) electrons. The molecule has 0 fully saturated rings. The number of nitrogens with one attached hydrogen (secondary N) is 1. The van der Waals surface area contributed by atoms with Gasteiger partial charge in [-0.1, -0.05) is 75.9 Å². The molecule has 1 N–H and O–H groups in total. The van der Waals surface area contributed by atoms with Crippen LogP contribution in [0.2, 0.25) is 0 Å². The molecule has 1 nitrogen and oxygen atoms in total. The number of hydrogen-bond donors (Lipinski definition) is 1. The molecule has 1 unspecified atom stereocenters. The van der Waals surface area contributed by atoms with E-state index >= 15 is 0 Å². The van der Waals surface area contributed by atoms with E-state index in [2.05, 4.69) is 72.6 Å². The Kier molecular flexibility index (Phi) is 8.85. The van der Waals surface area contributed by atoms with Crippen LogP contribution in [-0.2, 0) is 0 Å². The van der Waals surface area contributed by atoms with Crippen molar-refractivity contribution >= 4 is 25.9 Å². The first-order valence-corrected chi connectivity index (χ1v) is 8.85. The number of aryl methyl sites for hydroxylation is 2. The number of hydrogen-bond acceptors (Lipinski definition) is 1. The van der Waals surface area contributed by atoms with Crippen LogP contribution in [0.1, 0.15) is 50.7 Å². The molecule has 2 aromatic rings. The SMILES string of the molecule is CCCCCC.Cc1cccc(C)c1Nc1ccccc1P. The van der Waals surface area contributed by atoms with Crippen LogP contribution in [0.25, 0.3) is 0 Å². The van der Waals surface area contributed by atoms with Gasteiger partial charge in [0.15, 0.2) is 0 Å². The van der Waals surface area contributed by atoms with Crippen molar-refractivity contribution < 1.29 is 0 Å². The molecule has 0 aliphatic rings. The van der Waals surface area contributed by atoms with Crippen LogP contribution < -0.4 is 10.6 Å². The van der Waals surface area contributed by atoms with Crippen LogP contribution in [0.15, 0.2) is 42.5 Å². The van der Waals surface area contributed by atoms with E-state index < -0.39 is 0 Å². The van der Waals surface area contributed by atoms with Crippen LogP contribution in [0.3, 0.4) is 0 Å². The monoisotopic (exact) mass is 315 g/mol. The van der Waals surface area contributed by atoms with Crippen molar-refractivity contribution in [3.05, 3.63) is 53.6 Å². The first kappa shape index (κ1) is 18.7. The Hall–Kier alpha value is -1.33. The van der Waals surface area contributed by atoms with Gasteiger partial charge in [-0.3, -0.25) is 0 Å². The molecule has 0 saturated heterocycles. The summed E-state index contributed by atoms with van der Waals surface area (Å²) in [5.74, 6) is 0. The summed E-state index contributed by atoms with van der Waals surface area (Å²) in [6.45, 7) is 8.72. The lowest BCUT2D eigenvalue weighted by Gasteiger charge is -2.14. The van der Waals surface area contributed by atoms with Gasteiger partial charge in [0.05, 0.1) is 0 Å². The number of unbranched alkanes of at least 4 members (excludes halogenated alkanes) is 3. The third-order valence-electron chi connectivity index (χ3n) is 3.66. The minimum absolute atomic E-state index is 1.14. The fourth-order valence-electron chi connectivity index (χ4n) is 2.26. The molecule has 22 heavy (non-hydrogen) atoms. The molecular formula is C20H30NP. The highest BCUT2D eigenvalue weighted by Gasteiger charge is 2.03. The molecule has 0 heterocycles. The molecule has 0 spiro atoms. The second kappa shape index (κ2) is 10.4. The fourth-order valence-corrected chi connectivity index (χ4v) is 2.54. The van der Waals surface area contributed by atoms with Gasteiger partial charge in [0.1, 0.15) is 0 Å². The minimum atomic E-state index is 1.14. The Bertz CT molecular complexity index is 539. The lowest BCUT2D eigenvalue weighted by molar-refractivity contribution is 0.702. The highest BCUT2D eigenvalue weighted by atomic mass is 31.0. The molecule has 1 atom stereocenters. The van der Waals surface area contributed by atoms with E-state index in [-0.39, 0.29) is 0 Å². The summed E-state index contributed by atoms with van der Waals surface area (Å²) >= 11 is 0. The van der Waals surface area contributed by atoms with E-state index in [1.54, 1.807) is 0 Å². The average molecular weight is 315 g/mol. The van der Waals surface area contributed by atoms with Crippen molar-refractivity contribution in [3.8, 4) is 0 Å². The zero-order valence-corrected chi connectivity index (χ0v) is 15.6. The maximum Gasteiger partial charge on any atom is 0.0457 e. The molecule has 0 amide bonds. The van der Waals surface area contributed by atoms with Crippen LogP contribution >= 0.6 is 9.24 Å². The highest BCUT2D eigenvalue weighted by Crippen LogP contribution is 2.23. The molecule has 2 aromatic carbocycles. The van der Waals surface area contributed by atoms with E-state index in [1.165, 1.54) is 47.8 Å². The van der Waals surface area contributed by atoms with Gasteiger partial charge in [-0.2, -0.15) is 0 Å². The predicted octanol–water partition coefficient (Wildman–Crippen LogP) is 6.13. The van der Waals surface area contributed by atoms with Crippen molar-refractivity contribution in [1.82, 2.24) is 0 Å². The van der Waals surface area contributed by atoms with E-state index in [9.17, 15) is 0 Å². The minimum Gasteiger partial charge on any atom is -0.355 e. The summed E-state index contributed by atoms with van der Waals surface area (Å²) in [4.78, 5) is 0. The molecule has 0 aromatic heterocycles. The van der Waals surface area contributed by atoms with E-state index in [1.807, 2.05) is 12.1 Å². The first-order valence-electron chi connectivity index (χ1n) is 8.27. The maximum absolute atomic E-state index is 3.49. The number of benzene rings is 2. The third kappa shape index (κ3) is 6.20. The molecule has 0 saturated carbocycles. The third-order valence-corrected chi connectivity index (χ3v) is 4.16. The maximum atomic E-state index is 3.49. The van der Waals surface area contributed by atoms with Crippen molar-refractivity contribution in [3.63, 3.8) is 0 Å². The zero-order valence-electron chi connectivity index (χ0n) is 14.4. The standard InChI is InChI=1S/C14H16NP.C6H14/c1-10-6-5-7-11(2)14(10)15-12-8-3-4-9-13(12)16;1-3-5-6-4-2/h3-9,15H,16H2,1-2H3;3-6H2,1-2H3. The molecule has 0 aliphatic carbocycles. The van der Waals surface area contributed by atoms with Crippen LogP contribution in [-0.4, -0.2) is 0 Å². The van der Waals surface area contributed by atoms with Crippen LogP contribution in [0, 0.1) is 13.8 Å². The Morgan fingerprint density at radius 3 is 1.86 bits per heavy atom. The average Bonchev–Trinajstić information content (AvgIpc) is 2.51. The quantitative estimate of drug-likeness (QED) is 0.516. The van der Waals surface area contributed by atoms with Crippen molar-refractivity contribution in [2.45, 2.75) is 53.4 Å². The van der Waals surface area contributed by atoms with Gasteiger partial charge in [0.25, 0.3) is 0 Å². The van der Waals surface area contributed by atoms with Gasteiger partial charge in [-0.15, -0.1) is 9.24 Å². The Morgan fingerprint density at radius 1 is 0.818 bits per heavy atom. The molecular weight excluding hydrogens is 285 g/mol. The summed E-state index contributed by atoms with van der Waals surface area (Å²) in [5.41, 5.74) is 4.89. The van der Waals surface area contributed by atoms with Crippen molar-refractivity contribution in [2.75, 3.05) is 5.32 Å². The fraction of sp³-hybridized carbons (Fsp3) is 0.400. The summed E-state index contributed by atoms with van der Waals surface area (Å²) in [5, 5.41) is 4.67. The summed E-state index contributed by atoms with van der Waals surface area (Å²) in [6.07, 6.45) is 5.54. The molecule has 2 heteroatoms. The van der Waals surface area contributed by atoms with Crippen LogP contribution in [0.4, 0.5) is 11.4 Å². The van der Waals surface area contributed by atoms with E-state index in [0.717, 1.165) is 5.69 Å².